The van der Waals surface area contributed by atoms with Gasteiger partial charge in [-0.3, -0.25) is 86.5 Å². The first-order valence-corrected chi connectivity index (χ1v) is 46.5. The van der Waals surface area contributed by atoms with E-state index in [4.69, 9.17) is 34.4 Å². The molecule has 698 valence electrons. The van der Waals surface area contributed by atoms with Crippen LogP contribution in [0.25, 0.3) is 0 Å². The molecule has 2 heterocycles. The third-order valence-electron chi connectivity index (χ3n) is 21.1. The van der Waals surface area contributed by atoms with Gasteiger partial charge in [0.25, 0.3) is 0 Å². The van der Waals surface area contributed by atoms with Gasteiger partial charge in [0.05, 0.1) is 12.8 Å². The van der Waals surface area contributed by atoms with Gasteiger partial charge in [0.1, 0.15) is 90.6 Å². The molecule has 0 aliphatic carbocycles. The van der Waals surface area contributed by atoms with Crippen LogP contribution < -0.4 is 104 Å². The lowest BCUT2D eigenvalue weighted by Gasteiger charge is -2.32. The number of carbonyl (C=O) groups is 18. The molecule has 41 nitrogen and oxygen atoms in total. The molecule has 2 aliphatic rings. The molecule has 2 aliphatic heterocycles. The van der Waals surface area contributed by atoms with Gasteiger partial charge in [0.15, 0.2) is 5.96 Å². The van der Waals surface area contributed by atoms with Gasteiger partial charge in [-0.15, -0.1) is 0 Å². The number of amides is 17. The number of thioether (sulfide) groups is 3. The first kappa shape index (κ1) is 110. The summed E-state index contributed by atoms with van der Waals surface area (Å²) < 4.78 is 0. The number of carboxylic acid groups (broad SMARTS) is 1. The van der Waals surface area contributed by atoms with E-state index in [9.17, 15) is 91.4 Å². The largest absolute Gasteiger partial charge is 0.480 e. The molecule has 0 bridgehead atoms. The Morgan fingerprint density at radius 1 is 0.415 bits per heavy atom. The fourth-order valence-electron chi connectivity index (χ4n) is 13.9. The SMILES string of the molecule is CC[C@H](C)[C@H](NC(=O)[C@H](CC(C)C)NC(=O)[C@H](CCCCN)NC(=O)[C@H](CCSC)NC(=O)[C@H](CC(C)C)NC(=O)[C@@H]1CCCN1C(=O)[C@H](CC(N)=O)NC(=O)[C@@H](NC(=O)[C@H](CCCCN)NC(=O)[C@H](CCCN=C(N)N)NC(=O)[C@H](CCSC)NC(=O)[C@@H]1CCCN1C(=O)[C@H](C)NC(=O)[C@H](CCSC)NC=O)[C@@H](C)CC)C(=O)N[C@@H](CC(N)=O)C(=O)O. The average Bonchev–Trinajstić information content (AvgIpc) is 1.72. The molecular formula is C79H140N22O19S3. The molecule has 17 amide bonds. The van der Waals surface area contributed by atoms with E-state index in [1.54, 1.807) is 67.9 Å². The maximum atomic E-state index is 14.9. The van der Waals surface area contributed by atoms with E-state index in [-0.39, 0.29) is 134 Å². The lowest BCUT2D eigenvalue weighted by Crippen LogP contribution is -2.61. The number of unbranched alkanes of at least 4 members (excludes halogenated alkanes) is 2. The van der Waals surface area contributed by atoms with Crippen LogP contribution >= 0.6 is 35.3 Å². The molecule has 44 heteroatoms. The first-order valence-electron chi connectivity index (χ1n) is 42.4. The minimum Gasteiger partial charge on any atom is -0.480 e. The van der Waals surface area contributed by atoms with Crippen LogP contribution in [0.3, 0.4) is 0 Å². The highest BCUT2D eigenvalue weighted by Gasteiger charge is 2.44. The van der Waals surface area contributed by atoms with Crippen LogP contribution in [0.2, 0.25) is 0 Å². The number of likely N-dealkylation sites (tertiary alicyclic amines) is 2. The van der Waals surface area contributed by atoms with Gasteiger partial charge in [-0.25, -0.2) is 4.79 Å². The molecule has 2 fully saturated rings. The van der Waals surface area contributed by atoms with Gasteiger partial charge < -0.3 is 118 Å². The van der Waals surface area contributed by atoms with E-state index < -0.39 is 216 Å². The smallest absolute Gasteiger partial charge is 0.326 e. The summed E-state index contributed by atoms with van der Waals surface area (Å²) in [7, 11) is 0. The number of hydrogen-bond acceptors (Lipinski definition) is 24. The van der Waals surface area contributed by atoms with Crippen LogP contribution in [0.4, 0.5) is 0 Å². The minimum atomic E-state index is -1.73. The number of rotatable bonds is 62. The zero-order valence-electron chi connectivity index (χ0n) is 73.4. The van der Waals surface area contributed by atoms with E-state index in [1.807, 2.05) is 6.26 Å². The third kappa shape index (κ3) is 39.6. The Kier molecular flexibility index (Phi) is 52.4. The Labute approximate surface area is 734 Å². The standard InChI is InChI=1S/C79H140N22O19S3/c1-13-45(7)62(98-69(110)50(23-16-18-31-81)90-65(106)51(24-19-32-86-79(84)85)91-68(109)53(29-37-123-12)93-72(113)58-25-20-33-100(58)76(117)47(9)88-64(105)48(87-42-102)27-35-121-10)74(115)96-56(40-60(82)103)77(118)101-34-21-26-59(101)73(114)95-54(38-43(3)4)70(111)92-52(28-36-122-11)67(108)89-49(22-15-17-30-80)66(107)94-55(39-44(5)6)71(112)99-63(46(8)14-2)75(116)97-57(78(119)120)41-61(83)104/h42-59,62-63H,13-41,80-81H2,1-12H3,(H2,82,103)(H2,83,104)(H,87,102)(H,88,105)(H,89,108)(H,90,106)(H,91,109)(H,92,111)(H,93,113)(H,94,107)(H,95,114)(H,96,115)(H,97,116)(H,98,110)(H,99,112)(H,119,120)(H4,84,85,86)/t45-,46-,47-,48-,49-,50-,51-,52-,53-,54-,55-,56-,57-,58-,59-,62-,63-/m0/s1. The van der Waals surface area contributed by atoms with Gasteiger partial charge >= 0.3 is 5.97 Å². The van der Waals surface area contributed by atoms with Crippen molar-refractivity contribution in [3.05, 3.63) is 0 Å². The molecule has 0 spiro atoms. The number of guanidine groups is 1. The summed E-state index contributed by atoms with van der Waals surface area (Å²) in [5, 5.41) is 44.3. The molecule has 0 saturated carbocycles. The van der Waals surface area contributed by atoms with Crippen LogP contribution in [0.5, 0.6) is 0 Å². The third-order valence-corrected chi connectivity index (χ3v) is 23.1. The van der Waals surface area contributed by atoms with E-state index in [0.29, 0.717) is 62.2 Å². The molecule has 2 saturated heterocycles. The van der Waals surface area contributed by atoms with E-state index in [1.165, 1.54) is 47.1 Å². The number of nitrogens with zero attached hydrogens (tertiary/aromatic N) is 3. The Morgan fingerprint density at radius 2 is 0.748 bits per heavy atom. The van der Waals surface area contributed by atoms with Gasteiger partial charge in [-0.1, -0.05) is 68.2 Å². The highest BCUT2D eigenvalue weighted by atomic mass is 32.2. The Morgan fingerprint density at radius 3 is 1.14 bits per heavy atom. The topological polar surface area (TPSA) is 659 Å². The number of carbonyl (C=O) groups excluding carboxylic acids is 17. The molecule has 2 rings (SSSR count). The number of aliphatic carboxylic acids is 1. The second kappa shape index (κ2) is 58.8. The van der Waals surface area contributed by atoms with Crippen molar-refractivity contribution in [3.8, 4) is 0 Å². The normalized spacial score (nSPS) is 17.4. The summed E-state index contributed by atoms with van der Waals surface area (Å²) in [4.78, 5) is 256. The monoisotopic (exact) mass is 1800 g/mol. The molecular weight excluding hydrogens is 1660 g/mol. The van der Waals surface area contributed by atoms with Crippen LogP contribution in [-0.4, -0.2) is 287 Å². The van der Waals surface area contributed by atoms with E-state index in [2.05, 4.69) is 74.1 Å². The Balaban J connectivity index is 2.52. The van der Waals surface area contributed by atoms with Gasteiger partial charge in [0, 0.05) is 19.6 Å². The predicted octanol–water partition coefficient (Wildman–Crippen LogP) is -3.49. The van der Waals surface area contributed by atoms with E-state index in [0.717, 1.165) is 4.90 Å². The van der Waals surface area contributed by atoms with Crippen LogP contribution in [-0.2, 0) is 86.3 Å². The zero-order valence-corrected chi connectivity index (χ0v) is 75.8. The molecule has 0 unspecified atom stereocenters. The number of nitrogens with one attached hydrogen (secondary N) is 13. The number of nitrogens with two attached hydrogens (primary N) is 6. The van der Waals surface area contributed by atoms with Crippen molar-refractivity contribution >= 4 is 148 Å². The molecule has 0 aromatic rings. The fourth-order valence-corrected chi connectivity index (χ4v) is 15.3. The number of primary amides is 2. The van der Waals surface area contributed by atoms with Crippen molar-refractivity contribution in [2.75, 3.05) is 68.7 Å². The quantitative estimate of drug-likeness (QED) is 0.0122. The molecule has 0 aromatic heterocycles. The number of hydrogen-bond donors (Lipinski definition) is 20. The predicted molar refractivity (Wildman–Crippen MR) is 469 cm³/mol. The lowest BCUT2D eigenvalue weighted by molar-refractivity contribution is -0.144. The summed E-state index contributed by atoms with van der Waals surface area (Å²) in [6.07, 6.45) is 7.52. The maximum absolute atomic E-state index is 14.9. The Bertz CT molecular complexity index is 3530. The first-order chi connectivity index (χ1) is 58.2. The van der Waals surface area contributed by atoms with Gasteiger partial charge in [-0.05, 0) is 189 Å². The van der Waals surface area contributed by atoms with Gasteiger partial charge in [-0.2, -0.15) is 35.3 Å². The molecule has 26 N–H and O–H groups in total. The summed E-state index contributed by atoms with van der Waals surface area (Å²) in [5.74, 6) is -15.6. The summed E-state index contributed by atoms with van der Waals surface area (Å²) in [6.45, 7) is 15.8. The van der Waals surface area contributed by atoms with E-state index >= 15 is 0 Å². The summed E-state index contributed by atoms with van der Waals surface area (Å²) in [5.41, 5.74) is 34.0. The van der Waals surface area contributed by atoms with Crippen LogP contribution in [0.15, 0.2) is 4.99 Å². The second-order valence-electron chi connectivity index (χ2n) is 32.0. The van der Waals surface area contributed by atoms with Gasteiger partial charge in [0.2, 0.25) is 101 Å². The van der Waals surface area contributed by atoms with Crippen molar-refractivity contribution in [2.24, 2.45) is 63.1 Å². The van der Waals surface area contributed by atoms with Crippen molar-refractivity contribution in [3.63, 3.8) is 0 Å². The van der Waals surface area contributed by atoms with Crippen LogP contribution in [0.1, 0.15) is 197 Å². The number of aliphatic imine (C=N–C) groups is 1. The Hall–Kier alpha value is -9.30. The van der Waals surface area contributed by atoms with Crippen molar-refractivity contribution < 1.29 is 91.4 Å². The molecule has 0 radical (unpaired) electrons. The minimum absolute atomic E-state index is 0.00250. The highest BCUT2D eigenvalue weighted by Crippen LogP contribution is 2.24. The molecule has 0 aromatic carbocycles. The maximum Gasteiger partial charge on any atom is 0.326 e. The summed E-state index contributed by atoms with van der Waals surface area (Å²) >= 11 is 4.18. The van der Waals surface area contributed by atoms with Crippen molar-refractivity contribution in [1.29, 1.82) is 0 Å². The second-order valence-corrected chi connectivity index (χ2v) is 35.0. The number of carboxylic acids is 1. The highest BCUT2D eigenvalue weighted by molar-refractivity contribution is 7.99. The van der Waals surface area contributed by atoms with Crippen molar-refractivity contribution in [1.82, 2.24) is 78.9 Å². The van der Waals surface area contributed by atoms with Crippen molar-refractivity contribution in [2.45, 2.75) is 288 Å². The molecule has 123 heavy (non-hydrogen) atoms. The zero-order chi connectivity index (χ0) is 92.8. The lowest BCUT2D eigenvalue weighted by atomic mass is 9.96. The van der Waals surface area contributed by atoms with Crippen LogP contribution in [0, 0.1) is 23.7 Å². The summed E-state index contributed by atoms with van der Waals surface area (Å²) in [6, 6.07) is -20.0. The fraction of sp³-hybridized carbons (Fsp3) is 0.759. The average molecular weight is 1800 g/mol. The molecule has 17 atom stereocenters.